The number of piperidine rings is 1. The van der Waals surface area contributed by atoms with Gasteiger partial charge in [-0.1, -0.05) is 42.5 Å². The molecule has 12 nitrogen and oxygen atoms in total. The maximum absolute atomic E-state index is 13.0. The van der Waals surface area contributed by atoms with Crippen LogP contribution in [0.5, 0.6) is 0 Å². The summed E-state index contributed by atoms with van der Waals surface area (Å²) in [6.07, 6.45) is 3.89. The Hall–Kier alpha value is -4.62. The monoisotopic (exact) mass is 559 g/mol. The quantitative estimate of drug-likeness (QED) is 0.223. The largest absolute Gasteiger partial charge is 0.372 e. The smallest absolute Gasteiger partial charge is 0.338 e. The van der Waals surface area contributed by atoms with E-state index in [0.29, 0.717) is 22.6 Å². The van der Waals surface area contributed by atoms with Gasteiger partial charge in [-0.2, -0.15) is 13.5 Å². The van der Waals surface area contributed by atoms with Crippen molar-refractivity contribution in [2.45, 2.75) is 25.7 Å². The van der Waals surface area contributed by atoms with Gasteiger partial charge in [0.1, 0.15) is 0 Å². The van der Waals surface area contributed by atoms with Crippen molar-refractivity contribution in [3.8, 4) is 0 Å². The Balaban J connectivity index is 1.10. The fraction of sp³-hybridized carbons (Fsp3) is 0.222. The number of amides is 1. The van der Waals surface area contributed by atoms with Crippen LogP contribution in [0.1, 0.15) is 30.4 Å². The molecule has 1 saturated heterocycles. The molecule has 2 aliphatic heterocycles. The number of carbonyl (C=O) groups is 1. The lowest BCUT2D eigenvalue weighted by Gasteiger charge is -2.28. The minimum Gasteiger partial charge on any atom is -0.372 e. The summed E-state index contributed by atoms with van der Waals surface area (Å²) in [6, 6.07) is 22.1. The molecule has 0 aliphatic carbocycles. The van der Waals surface area contributed by atoms with E-state index in [1.807, 2.05) is 42.5 Å². The van der Waals surface area contributed by atoms with Gasteiger partial charge in [0.2, 0.25) is 5.91 Å². The zero-order valence-corrected chi connectivity index (χ0v) is 22.4. The second-order valence-electron chi connectivity index (χ2n) is 9.68. The molecule has 0 atom stereocenters. The first-order valence-corrected chi connectivity index (χ1v) is 14.5. The van der Waals surface area contributed by atoms with Crippen LogP contribution in [0.15, 0.2) is 77.9 Å². The normalized spacial score (nSPS) is 15.8. The molecule has 0 saturated carbocycles. The Morgan fingerprint density at radius 2 is 1.73 bits per heavy atom. The van der Waals surface area contributed by atoms with E-state index in [-0.39, 0.29) is 18.0 Å². The summed E-state index contributed by atoms with van der Waals surface area (Å²) in [6.45, 7) is 2.13. The highest BCUT2D eigenvalue weighted by Crippen LogP contribution is 2.26. The first-order valence-electron chi connectivity index (χ1n) is 13.0. The number of carbonyl (C=O) groups excluding carboxylic acids is 1. The van der Waals surface area contributed by atoms with Crippen molar-refractivity contribution in [2.75, 3.05) is 28.0 Å². The van der Waals surface area contributed by atoms with Crippen LogP contribution in [-0.2, 0) is 21.4 Å². The van der Waals surface area contributed by atoms with E-state index in [0.717, 1.165) is 28.7 Å². The number of rotatable bonds is 8. The van der Waals surface area contributed by atoms with Crippen LogP contribution in [0.3, 0.4) is 0 Å². The van der Waals surface area contributed by atoms with Crippen LogP contribution in [-0.4, -0.2) is 48.0 Å². The lowest BCUT2D eigenvalue weighted by molar-refractivity contribution is -0.115. The summed E-state index contributed by atoms with van der Waals surface area (Å²) in [5.74, 6) is 0.460. The predicted molar refractivity (Wildman–Crippen MR) is 155 cm³/mol. The van der Waals surface area contributed by atoms with Crippen LogP contribution < -0.4 is 25.9 Å². The number of nitrogens with one attached hydrogen (secondary N) is 5. The number of aromatic nitrogens is 2. The molecular weight excluding hydrogens is 530 g/mol. The van der Waals surface area contributed by atoms with Crippen molar-refractivity contribution in [1.29, 1.82) is 0 Å². The van der Waals surface area contributed by atoms with Gasteiger partial charge in [-0.25, -0.2) is 5.53 Å². The first-order chi connectivity index (χ1) is 19.4. The molecule has 3 aromatic carbocycles. The Kier molecular flexibility index (Phi) is 6.97. The van der Waals surface area contributed by atoms with Gasteiger partial charge < -0.3 is 10.2 Å². The SMILES string of the molecule is O=C(Cc1ccc(N2CCCCC2)cc1)Nc1n[nH]c2ccc(NS(=O)(=O)N3NN=C(c4ccccc4)N3)cc12. The molecule has 2 aliphatic rings. The number of anilines is 3. The van der Waals surface area contributed by atoms with Gasteiger partial charge in [0.05, 0.1) is 17.6 Å². The standard InChI is InChI=1S/C27H29N9O3S/c37-25(17-19-9-12-22(13-10-19)35-15-5-2-6-16-35)28-27-23-18-21(11-14-24(23)29-30-27)33-40(38,39)36-32-26(31-34-36)20-7-3-1-4-8-20/h1,3-4,7-14,18,33-34H,2,5-6,15-17H2,(H,31,32)(H2,28,29,30,37). The molecule has 1 amide bonds. The van der Waals surface area contributed by atoms with Gasteiger partial charge in [-0.05, 0) is 55.2 Å². The Bertz CT molecular complexity index is 1650. The minimum absolute atomic E-state index is 0.191. The number of hydrazone groups is 1. The molecule has 5 N–H and O–H groups in total. The van der Waals surface area contributed by atoms with E-state index < -0.39 is 10.2 Å². The van der Waals surface area contributed by atoms with Crippen molar-refractivity contribution < 1.29 is 13.2 Å². The summed E-state index contributed by atoms with van der Waals surface area (Å²) in [5.41, 5.74) is 8.93. The summed E-state index contributed by atoms with van der Waals surface area (Å²) in [7, 11) is -4.07. The molecule has 13 heteroatoms. The molecule has 206 valence electrons. The summed E-state index contributed by atoms with van der Waals surface area (Å²) in [4.78, 5) is 15.2. The lowest BCUT2D eigenvalue weighted by Crippen LogP contribution is -2.48. The van der Waals surface area contributed by atoms with E-state index >= 15 is 0 Å². The van der Waals surface area contributed by atoms with Crippen LogP contribution >= 0.6 is 0 Å². The molecule has 3 heterocycles. The van der Waals surface area contributed by atoms with Gasteiger partial charge in [-0.15, -0.1) is 5.10 Å². The van der Waals surface area contributed by atoms with Gasteiger partial charge in [0.15, 0.2) is 11.7 Å². The fourth-order valence-electron chi connectivity index (χ4n) is 4.79. The maximum Gasteiger partial charge on any atom is 0.338 e. The number of H-pyrrole nitrogens is 1. The molecule has 0 radical (unpaired) electrons. The van der Waals surface area contributed by atoms with Gasteiger partial charge >= 0.3 is 10.2 Å². The highest BCUT2D eigenvalue weighted by atomic mass is 32.2. The first kappa shape index (κ1) is 25.6. The molecule has 1 fully saturated rings. The maximum atomic E-state index is 13.0. The zero-order chi connectivity index (χ0) is 27.5. The molecule has 0 spiro atoms. The summed E-state index contributed by atoms with van der Waals surface area (Å²) in [5, 5.41) is 14.5. The Labute approximate surface area is 231 Å². The minimum atomic E-state index is -4.07. The topological polar surface area (TPSA) is 147 Å². The van der Waals surface area contributed by atoms with Gasteiger partial charge in [-0.3, -0.25) is 20.0 Å². The number of aromatic amines is 1. The van der Waals surface area contributed by atoms with E-state index in [1.54, 1.807) is 18.2 Å². The highest BCUT2D eigenvalue weighted by Gasteiger charge is 2.28. The van der Waals surface area contributed by atoms with Crippen LogP contribution in [0.2, 0.25) is 0 Å². The third kappa shape index (κ3) is 5.55. The third-order valence-corrected chi connectivity index (χ3v) is 7.98. The van der Waals surface area contributed by atoms with Crippen molar-refractivity contribution >= 4 is 50.0 Å². The molecule has 0 unspecified atom stereocenters. The average Bonchev–Trinajstić information content (AvgIpc) is 3.63. The highest BCUT2D eigenvalue weighted by molar-refractivity contribution is 7.90. The average molecular weight is 560 g/mol. The second-order valence-corrected chi connectivity index (χ2v) is 11.2. The second kappa shape index (κ2) is 10.9. The Morgan fingerprint density at radius 1 is 0.950 bits per heavy atom. The number of hydrogen-bond acceptors (Lipinski definition) is 8. The zero-order valence-electron chi connectivity index (χ0n) is 21.6. The van der Waals surface area contributed by atoms with E-state index in [4.69, 9.17) is 0 Å². The molecule has 4 aromatic rings. The van der Waals surface area contributed by atoms with Crippen molar-refractivity contribution in [3.05, 3.63) is 83.9 Å². The number of hydrazine groups is 2. The van der Waals surface area contributed by atoms with Gasteiger partial charge in [0.25, 0.3) is 0 Å². The van der Waals surface area contributed by atoms with E-state index in [9.17, 15) is 13.2 Å². The van der Waals surface area contributed by atoms with Crippen molar-refractivity contribution in [1.82, 2.24) is 25.7 Å². The molecule has 40 heavy (non-hydrogen) atoms. The summed E-state index contributed by atoms with van der Waals surface area (Å²) < 4.78 is 29.2. The Morgan fingerprint density at radius 3 is 2.50 bits per heavy atom. The number of hydrogen-bond donors (Lipinski definition) is 5. The van der Waals surface area contributed by atoms with Crippen LogP contribution in [0.4, 0.5) is 17.2 Å². The molecular formula is C27H29N9O3S. The number of amidine groups is 1. The number of fused-ring (bicyclic) bond motifs is 1. The van der Waals surface area contributed by atoms with Crippen LogP contribution in [0, 0.1) is 0 Å². The van der Waals surface area contributed by atoms with Crippen molar-refractivity contribution in [3.63, 3.8) is 0 Å². The number of nitrogens with zero attached hydrogens (tertiary/aromatic N) is 4. The fourth-order valence-corrected chi connectivity index (χ4v) is 5.66. The third-order valence-electron chi connectivity index (χ3n) is 6.84. The molecule has 6 rings (SSSR count). The molecule has 0 bridgehead atoms. The van der Waals surface area contributed by atoms with E-state index in [2.05, 4.69) is 53.3 Å². The lowest BCUT2D eigenvalue weighted by atomic mass is 10.1. The summed E-state index contributed by atoms with van der Waals surface area (Å²) >= 11 is 0. The molecule has 1 aromatic heterocycles. The predicted octanol–water partition coefficient (Wildman–Crippen LogP) is 3.08. The van der Waals surface area contributed by atoms with Crippen LogP contribution in [0.25, 0.3) is 10.9 Å². The van der Waals surface area contributed by atoms with Crippen molar-refractivity contribution in [2.24, 2.45) is 5.10 Å². The van der Waals surface area contributed by atoms with Gasteiger partial charge in [0, 0.05) is 34.2 Å². The van der Waals surface area contributed by atoms with E-state index in [1.165, 1.54) is 24.9 Å². The number of benzene rings is 3.